The molecule has 10 heteroatoms. The van der Waals surface area contributed by atoms with Crippen LogP contribution >= 0.6 is 0 Å². The number of aromatic amines is 1. The zero-order chi connectivity index (χ0) is 29.4. The summed E-state index contributed by atoms with van der Waals surface area (Å²) in [5, 5.41) is 8.82. The Hall–Kier alpha value is -4.60. The van der Waals surface area contributed by atoms with Crippen molar-refractivity contribution in [3.05, 3.63) is 88.8 Å². The van der Waals surface area contributed by atoms with Crippen molar-refractivity contribution in [2.75, 3.05) is 24.6 Å². The fraction of sp³-hybridized carbons (Fsp3) is 0.312. The number of allylic oxidation sites excluding steroid dienone is 1. The molecule has 2 aromatic carbocycles. The number of hydrogen-bond acceptors (Lipinski definition) is 6. The van der Waals surface area contributed by atoms with Crippen molar-refractivity contribution in [3.63, 3.8) is 0 Å². The second kappa shape index (κ2) is 11.0. The number of piperidine rings is 1. The number of carboxylic acids is 1. The Morgan fingerprint density at radius 2 is 1.76 bits per heavy atom. The summed E-state index contributed by atoms with van der Waals surface area (Å²) >= 11 is 0. The lowest BCUT2D eigenvalue weighted by Gasteiger charge is -2.39. The van der Waals surface area contributed by atoms with Crippen LogP contribution < -0.4 is 9.64 Å². The number of H-pyrrole nitrogens is 1. The van der Waals surface area contributed by atoms with E-state index in [4.69, 9.17) is 14.8 Å². The van der Waals surface area contributed by atoms with E-state index in [1.807, 2.05) is 19.1 Å². The molecule has 1 aliphatic heterocycles. The van der Waals surface area contributed by atoms with Gasteiger partial charge in [-0.15, -0.1) is 0 Å². The van der Waals surface area contributed by atoms with Gasteiger partial charge >= 0.3 is 5.97 Å². The third-order valence-corrected chi connectivity index (χ3v) is 8.27. The van der Waals surface area contributed by atoms with Gasteiger partial charge in [-0.2, -0.15) is 0 Å². The summed E-state index contributed by atoms with van der Waals surface area (Å²) in [6.45, 7) is 5.42. The predicted octanol–water partition coefficient (Wildman–Crippen LogP) is 6.23. The molecular formula is C32H31F2N5O3. The number of alkyl halides is 2. The first-order chi connectivity index (χ1) is 20.2. The number of nitrogens with zero attached hydrogens (tertiary/aromatic N) is 4. The average molecular weight is 572 g/mol. The van der Waals surface area contributed by atoms with E-state index in [1.54, 1.807) is 30.6 Å². The van der Waals surface area contributed by atoms with E-state index in [0.717, 1.165) is 76.9 Å². The largest absolute Gasteiger partial charge is 0.482 e. The molecular weight excluding hydrogens is 540 g/mol. The molecule has 42 heavy (non-hydrogen) atoms. The minimum absolute atomic E-state index is 0.00477. The van der Waals surface area contributed by atoms with E-state index < -0.39 is 12.4 Å². The lowest BCUT2D eigenvalue weighted by Crippen LogP contribution is -2.42. The van der Waals surface area contributed by atoms with Gasteiger partial charge in [-0.1, -0.05) is 43.3 Å². The molecule has 6 rings (SSSR count). The number of rotatable bonds is 8. The summed E-state index contributed by atoms with van der Waals surface area (Å²) in [6, 6.07) is 13.7. The monoisotopic (exact) mass is 571 g/mol. The lowest BCUT2D eigenvalue weighted by atomic mass is 9.79. The maximum atomic E-state index is 13.0. The number of aryl methyl sites for hydroxylation is 1. The molecule has 2 aliphatic rings. The fourth-order valence-corrected chi connectivity index (χ4v) is 5.73. The Morgan fingerprint density at radius 3 is 2.43 bits per heavy atom. The minimum Gasteiger partial charge on any atom is -0.482 e. The van der Waals surface area contributed by atoms with Gasteiger partial charge in [-0.25, -0.2) is 28.5 Å². The highest BCUT2D eigenvalue weighted by Gasteiger charge is 2.36. The van der Waals surface area contributed by atoms with E-state index in [2.05, 4.69) is 32.9 Å². The molecule has 0 radical (unpaired) electrons. The topological polar surface area (TPSA) is 104 Å². The Kier molecular flexibility index (Phi) is 7.22. The maximum absolute atomic E-state index is 13.0. The second-order valence-corrected chi connectivity index (χ2v) is 11.1. The Bertz CT molecular complexity index is 1640. The molecule has 0 spiro atoms. The van der Waals surface area contributed by atoms with Crippen molar-refractivity contribution in [2.24, 2.45) is 0 Å². The molecule has 1 fully saturated rings. The SMILES string of the molecule is Cc1[nH]c(C2(C)CCN(c3ncnc4c3C=C(c3ccc(OCC(=O)O)cc3)C4)CC2)nc1-c1ccc(C(F)F)cc1. The summed E-state index contributed by atoms with van der Waals surface area (Å²) in [5.74, 6) is 1.34. The molecule has 0 atom stereocenters. The number of aliphatic carboxylic acids is 1. The number of anilines is 1. The highest BCUT2D eigenvalue weighted by atomic mass is 19.3. The molecule has 8 nitrogen and oxygen atoms in total. The van der Waals surface area contributed by atoms with Crippen LogP contribution in [0.4, 0.5) is 14.6 Å². The van der Waals surface area contributed by atoms with E-state index in [-0.39, 0.29) is 17.6 Å². The number of carboxylic acid groups (broad SMARTS) is 1. The summed E-state index contributed by atoms with van der Waals surface area (Å²) in [6.07, 6.45) is 3.72. The van der Waals surface area contributed by atoms with Crippen molar-refractivity contribution >= 4 is 23.4 Å². The quantitative estimate of drug-likeness (QED) is 0.258. The van der Waals surface area contributed by atoms with E-state index in [0.29, 0.717) is 12.2 Å². The predicted molar refractivity (Wildman–Crippen MR) is 156 cm³/mol. The third-order valence-electron chi connectivity index (χ3n) is 8.27. The number of nitrogens with one attached hydrogen (secondary N) is 1. The molecule has 4 aromatic rings. The second-order valence-electron chi connectivity index (χ2n) is 11.1. The summed E-state index contributed by atoms with van der Waals surface area (Å²) in [4.78, 5) is 30.7. The smallest absolute Gasteiger partial charge is 0.341 e. The van der Waals surface area contributed by atoms with Gasteiger partial charge in [-0.3, -0.25) is 0 Å². The van der Waals surface area contributed by atoms with Crippen LogP contribution in [0, 0.1) is 6.92 Å². The van der Waals surface area contributed by atoms with Gasteiger partial charge in [0, 0.05) is 47.3 Å². The van der Waals surface area contributed by atoms with Crippen LogP contribution in [0.25, 0.3) is 22.9 Å². The average Bonchev–Trinajstić information content (AvgIpc) is 3.61. The summed E-state index contributed by atoms with van der Waals surface area (Å²) in [7, 11) is 0. The summed E-state index contributed by atoms with van der Waals surface area (Å²) < 4.78 is 31.3. The summed E-state index contributed by atoms with van der Waals surface area (Å²) in [5.41, 5.74) is 6.55. The first-order valence-electron chi connectivity index (χ1n) is 13.9. The molecule has 2 aromatic heterocycles. The van der Waals surface area contributed by atoms with Gasteiger partial charge in [0.1, 0.15) is 23.7 Å². The fourth-order valence-electron chi connectivity index (χ4n) is 5.73. The lowest BCUT2D eigenvalue weighted by molar-refractivity contribution is -0.139. The van der Waals surface area contributed by atoms with Crippen molar-refractivity contribution in [1.29, 1.82) is 0 Å². The number of carbonyl (C=O) groups is 1. The van der Waals surface area contributed by atoms with Crippen molar-refractivity contribution in [2.45, 2.75) is 45.0 Å². The number of benzene rings is 2. The van der Waals surface area contributed by atoms with Gasteiger partial charge in [-0.05, 0) is 49.1 Å². The van der Waals surface area contributed by atoms with Gasteiger partial charge < -0.3 is 19.7 Å². The highest BCUT2D eigenvalue weighted by molar-refractivity contribution is 5.91. The van der Waals surface area contributed by atoms with Crippen LogP contribution in [-0.4, -0.2) is 50.7 Å². The van der Waals surface area contributed by atoms with Crippen molar-refractivity contribution < 1.29 is 23.4 Å². The third kappa shape index (κ3) is 5.36. The Balaban J connectivity index is 1.16. The molecule has 1 saturated heterocycles. The van der Waals surface area contributed by atoms with Gasteiger partial charge in [0.2, 0.25) is 0 Å². The molecule has 216 valence electrons. The Morgan fingerprint density at radius 1 is 1.07 bits per heavy atom. The molecule has 0 amide bonds. The minimum atomic E-state index is -2.49. The van der Waals surface area contributed by atoms with Crippen LogP contribution in [-0.2, 0) is 16.6 Å². The first-order valence-corrected chi connectivity index (χ1v) is 13.9. The van der Waals surface area contributed by atoms with Crippen LogP contribution in [0.5, 0.6) is 5.75 Å². The molecule has 0 bridgehead atoms. The van der Waals surface area contributed by atoms with Crippen LogP contribution in [0.1, 0.15) is 60.1 Å². The van der Waals surface area contributed by atoms with Crippen LogP contribution in [0.15, 0.2) is 54.9 Å². The number of aromatic nitrogens is 4. The molecule has 0 saturated carbocycles. The number of imidazole rings is 1. The standard InChI is InChI=1S/C32H31F2N5O3/c1-19-28(21-3-5-22(6-4-21)29(33)34)38-31(37-19)32(2)11-13-39(14-12-32)30-25-15-23(16-26(25)35-18-36-30)20-7-9-24(10-8-20)42-17-27(40)41/h3-10,15,18,29H,11-14,16-17H2,1-2H3,(H,37,38)(H,40,41). The molecule has 2 N–H and O–H groups in total. The zero-order valence-corrected chi connectivity index (χ0v) is 23.4. The number of fused-ring (bicyclic) bond motifs is 1. The van der Waals surface area contributed by atoms with Gasteiger partial charge in [0.25, 0.3) is 6.43 Å². The molecule has 1 aliphatic carbocycles. The van der Waals surface area contributed by atoms with Crippen LogP contribution in [0.2, 0.25) is 0 Å². The van der Waals surface area contributed by atoms with Gasteiger partial charge in [0.05, 0.1) is 11.4 Å². The Labute approximate surface area is 242 Å². The van der Waals surface area contributed by atoms with Crippen molar-refractivity contribution in [1.82, 2.24) is 19.9 Å². The number of halogens is 2. The van der Waals surface area contributed by atoms with Gasteiger partial charge in [0.15, 0.2) is 6.61 Å². The van der Waals surface area contributed by atoms with E-state index >= 15 is 0 Å². The zero-order valence-electron chi connectivity index (χ0n) is 23.4. The first kappa shape index (κ1) is 27.6. The highest BCUT2D eigenvalue weighted by Crippen LogP contribution is 2.40. The van der Waals surface area contributed by atoms with Crippen molar-refractivity contribution in [3.8, 4) is 17.0 Å². The normalized spacial score (nSPS) is 15.9. The van der Waals surface area contributed by atoms with E-state index in [1.165, 1.54) is 12.1 Å². The number of ether oxygens (including phenoxy) is 1. The molecule has 3 heterocycles. The van der Waals surface area contributed by atoms with E-state index in [9.17, 15) is 13.6 Å². The molecule has 0 unspecified atom stereocenters. The number of hydrogen-bond donors (Lipinski definition) is 2. The van der Waals surface area contributed by atoms with Crippen LogP contribution in [0.3, 0.4) is 0 Å². The maximum Gasteiger partial charge on any atom is 0.341 e.